The van der Waals surface area contributed by atoms with Gasteiger partial charge in [-0.25, -0.2) is 0 Å². The second-order valence-corrected chi connectivity index (χ2v) is 6.80. The number of fused-ring (bicyclic) bond motifs is 1. The Hall–Kier alpha value is -0.570. The first-order valence-corrected chi connectivity index (χ1v) is 8.34. The number of carbonyl (C=O) groups is 1. The van der Waals surface area contributed by atoms with Crippen LogP contribution in [-0.4, -0.2) is 36.5 Å². The van der Waals surface area contributed by atoms with Gasteiger partial charge in [-0.15, -0.1) is 0 Å². The van der Waals surface area contributed by atoms with Crippen LogP contribution in [0.3, 0.4) is 0 Å². The van der Waals surface area contributed by atoms with Crippen LogP contribution in [0.25, 0.3) is 0 Å². The molecule has 1 saturated carbocycles. The summed E-state index contributed by atoms with van der Waals surface area (Å²) in [5, 5.41) is 3.63. The van der Waals surface area contributed by atoms with Crippen LogP contribution in [0.1, 0.15) is 57.8 Å². The Morgan fingerprint density at radius 2 is 1.84 bits per heavy atom. The SMILES string of the molecule is O=C(CCC1CCCC1)N1CC2CCCCNC2C1. The van der Waals surface area contributed by atoms with Gasteiger partial charge < -0.3 is 10.2 Å². The van der Waals surface area contributed by atoms with Crippen molar-refractivity contribution in [1.82, 2.24) is 10.2 Å². The van der Waals surface area contributed by atoms with E-state index in [9.17, 15) is 4.79 Å². The number of likely N-dealkylation sites (tertiary alicyclic amines) is 1. The monoisotopic (exact) mass is 264 g/mol. The molecule has 2 unspecified atom stereocenters. The Balaban J connectivity index is 1.45. The van der Waals surface area contributed by atoms with Crippen molar-refractivity contribution in [3.05, 3.63) is 0 Å². The van der Waals surface area contributed by atoms with Crippen LogP contribution in [0, 0.1) is 11.8 Å². The zero-order valence-electron chi connectivity index (χ0n) is 12.1. The van der Waals surface area contributed by atoms with E-state index < -0.39 is 0 Å². The third kappa shape index (κ3) is 3.31. The van der Waals surface area contributed by atoms with Gasteiger partial charge in [0.25, 0.3) is 0 Å². The Bertz CT molecular complexity index is 298. The second-order valence-electron chi connectivity index (χ2n) is 6.80. The highest BCUT2D eigenvalue weighted by molar-refractivity contribution is 5.76. The number of nitrogens with one attached hydrogen (secondary N) is 1. The highest BCUT2D eigenvalue weighted by Crippen LogP contribution is 2.30. The number of nitrogens with zero attached hydrogens (tertiary/aromatic N) is 1. The standard InChI is InChI=1S/C16H28N2O/c19-16(9-8-13-5-1-2-6-13)18-11-14-7-3-4-10-17-15(14)12-18/h13-15,17H,1-12H2. The summed E-state index contributed by atoms with van der Waals surface area (Å²) in [5.74, 6) is 1.98. The third-order valence-electron chi connectivity index (χ3n) is 5.44. The molecule has 108 valence electrons. The van der Waals surface area contributed by atoms with E-state index in [1.807, 2.05) is 0 Å². The third-order valence-corrected chi connectivity index (χ3v) is 5.44. The molecule has 3 fully saturated rings. The molecule has 1 aliphatic carbocycles. The van der Waals surface area contributed by atoms with Gasteiger partial charge in [0.1, 0.15) is 0 Å². The summed E-state index contributed by atoms with van der Waals surface area (Å²) in [7, 11) is 0. The summed E-state index contributed by atoms with van der Waals surface area (Å²) in [6.07, 6.45) is 11.4. The van der Waals surface area contributed by atoms with E-state index in [-0.39, 0.29) is 0 Å². The van der Waals surface area contributed by atoms with Crippen LogP contribution in [0.4, 0.5) is 0 Å². The molecule has 1 N–H and O–H groups in total. The van der Waals surface area contributed by atoms with Gasteiger partial charge in [-0.3, -0.25) is 4.79 Å². The van der Waals surface area contributed by atoms with Gasteiger partial charge in [0.2, 0.25) is 5.91 Å². The molecule has 3 nitrogen and oxygen atoms in total. The van der Waals surface area contributed by atoms with Gasteiger partial charge in [-0.05, 0) is 37.6 Å². The lowest BCUT2D eigenvalue weighted by atomic mass is 9.99. The first kappa shape index (κ1) is 13.4. The summed E-state index contributed by atoms with van der Waals surface area (Å²) in [5.41, 5.74) is 0. The summed E-state index contributed by atoms with van der Waals surface area (Å²) >= 11 is 0. The largest absolute Gasteiger partial charge is 0.341 e. The van der Waals surface area contributed by atoms with Gasteiger partial charge in [0.05, 0.1) is 0 Å². The predicted octanol–water partition coefficient (Wildman–Crippen LogP) is 2.56. The molecule has 0 aromatic rings. The molecule has 19 heavy (non-hydrogen) atoms. The smallest absolute Gasteiger partial charge is 0.222 e. The van der Waals surface area contributed by atoms with Gasteiger partial charge in [-0.2, -0.15) is 0 Å². The Morgan fingerprint density at radius 1 is 1.05 bits per heavy atom. The zero-order valence-corrected chi connectivity index (χ0v) is 12.1. The normalized spacial score (nSPS) is 32.3. The van der Waals surface area contributed by atoms with E-state index in [0.717, 1.165) is 44.3 Å². The maximum absolute atomic E-state index is 12.3. The van der Waals surface area contributed by atoms with Crippen LogP contribution in [-0.2, 0) is 4.79 Å². The van der Waals surface area contributed by atoms with E-state index in [2.05, 4.69) is 10.2 Å². The van der Waals surface area contributed by atoms with E-state index >= 15 is 0 Å². The molecule has 2 atom stereocenters. The highest BCUT2D eigenvalue weighted by Gasteiger charge is 2.35. The molecule has 0 spiro atoms. The predicted molar refractivity (Wildman–Crippen MR) is 76.9 cm³/mol. The number of rotatable bonds is 3. The van der Waals surface area contributed by atoms with Gasteiger partial charge in [0, 0.05) is 25.6 Å². The molecule has 2 saturated heterocycles. The molecule has 0 bridgehead atoms. The Morgan fingerprint density at radius 3 is 2.68 bits per heavy atom. The molecule has 1 amide bonds. The van der Waals surface area contributed by atoms with Crippen molar-refractivity contribution >= 4 is 5.91 Å². The molecule has 3 rings (SSSR count). The van der Waals surface area contributed by atoms with Crippen molar-refractivity contribution in [1.29, 1.82) is 0 Å². The molecule has 3 aliphatic rings. The Kier molecular flexibility index (Phi) is 4.42. The van der Waals surface area contributed by atoms with Crippen molar-refractivity contribution in [2.75, 3.05) is 19.6 Å². The van der Waals surface area contributed by atoms with Crippen molar-refractivity contribution in [2.45, 2.75) is 63.8 Å². The van der Waals surface area contributed by atoms with E-state index in [0.29, 0.717) is 11.9 Å². The van der Waals surface area contributed by atoms with Crippen LogP contribution >= 0.6 is 0 Å². The molecule has 0 aromatic heterocycles. The summed E-state index contributed by atoms with van der Waals surface area (Å²) in [4.78, 5) is 14.5. The fraction of sp³-hybridized carbons (Fsp3) is 0.938. The molecular formula is C16H28N2O. The molecule has 3 heteroatoms. The lowest BCUT2D eigenvalue weighted by molar-refractivity contribution is -0.130. The number of carbonyl (C=O) groups excluding carboxylic acids is 1. The maximum atomic E-state index is 12.3. The maximum Gasteiger partial charge on any atom is 0.222 e. The Labute approximate surface area is 117 Å². The summed E-state index contributed by atoms with van der Waals surface area (Å²) in [6, 6.07) is 0.581. The van der Waals surface area contributed by atoms with Crippen LogP contribution < -0.4 is 5.32 Å². The van der Waals surface area contributed by atoms with Crippen molar-refractivity contribution < 1.29 is 4.79 Å². The first-order chi connectivity index (χ1) is 9.33. The van der Waals surface area contributed by atoms with Crippen molar-refractivity contribution in [3.8, 4) is 0 Å². The molecular weight excluding hydrogens is 236 g/mol. The molecule has 0 radical (unpaired) electrons. The van der Waals surface area contributed by atoms with E-state index in [4.69, 9.17) is 0 Å². The summed E-state index contributed by atoms with van der Waals surface area (Å²) in [6.45, 7) is 3.13. The minimum Gasteiger partial charge on any atom is -0.341 e. The van der Waals surface area contributed by atoms with E-state index in [1.165, 1.54) is 44.9 Å². The number of hydrogen-bond donors (Lipinski definition) is 1. The lowest BCUT2D eigenvalue weighted by Crippen LogP contribution is -2.36. The number of amides is 1. The minimum absolute atomic E-state index is 0.418. The quantitative estimate of drug-likeness (QED) is 0.849. The molecule has 0 aromatic carbocycles. The minimum atomic E-state index is 0.418. The van der Waals surface area contributed by atoms with Gasteiger partial charge in [0.15, 0.2) is 0 Å². The second kappa shape index (κ2) is 6.25. The van der Waals surface area contributed by atoms with Crippen molar-refractivity contribution in [2.24, 2.45) is 11.8 Å². The molecule has 2 heterocycles. The van der Waals surface area contributed by atoms with E-state index in [1.54, 1.807) is 0 Å². The van der Waals surface area contributed by atoms with Crippen LogP contribution in [0.5, 0.6) is 0 Å². The summed E-state index contributed by atoms with van der Waals surface area (Å²) < 4.78 is 0. The lowest BCUT2D eigenvalue weighted by Gasteiger charge is -2.18. The van der Waals surface area contributed by atoms with Crippen LogP contribution in [0.2, 0.25) is 0 Å². The first-order valence-electron chi connectivity index (χ1n) is 8.34. The molecule has 2 aliphatic heterocycles. The zero-order chi connectivity index (χ0) is 13.1. The average molecular weight is 264 g/mol. The average Bonchev–Trinajstić information content (AvgIpc) is 3.02. The topological polar surface area (TPSA) is 32.3 Å². The van der Waals surface area contributed by atoms with Crippen molar-refractivity contribution in [3.63, 3.8) is 0 Å². The van der Waals surface area contributed by atoms with Gasteiger partial charge in [-0.1, -0.05) is 32.1 Å². The highest BCUT2D eigenvalue weighted by atomic mass is 16.2. The van der Waals surface area contributed by atoms with Gasteiger partial charge >= 0.3 is 0 Å². The fourth-order valence-corrected chi connectivity index (χ4v) is 4.20. The fourth-order valence-electron chi connectivity index (χ4n) is 4.20. The van der Waals surface area contributed by atoms with Crippen LogP contribution in [0.15, 0.2) is 0 Å². The number of hydrogen-bond acceptors (Lipinski definition) is 2.